The van der Waals surface area contributed by atoms with Gasteiger partial charge in [-0.05, 0) is 18.6 Å². The molecule has 1 aromatic heterocycles. The summed E-state index contributed by atoms with van der Waals surface area (Å²) in [6.07, 6.45) is 1.84. The molecule has 1 aliphatic heterocycles. The van der Waals surface area contributed by atoms with Gasteiger partial charge in [0.15, 0.2) is 0 Å². The molecule has 1 N–H and O–H groups in total. The van der Waals surface area contributed by atoms with Gasteiger partial charge in [-0.3, -0.25) is 14.3 Å². The Bertz CT molecular complexity index is 725. The molecule has 1 fully saturated rings. The quantitative estimate of drug-likeness (QED) is 0.885. The molecule has 6 heteroatoms. The second kappa shape index (κ2) is 5.65. The van der Waals surface area contributed by atoms with Crippen molar-refractivity contribution >= 4 is 16.8 Å². The zero-order valence-corrected chi connectivity index (χ0v) is 11.6. The highest BCUT2D eigenvalue weighted by Crippen LogP contribution is 2.12. The lowest BCUT2D eigenvalue weighted by molar-refractivity contribution is -0.130. The van der Waals surface area contributed by atoms with Crippen molar-refractivity contribution in [2.24, 2.45) is 0 Å². The van der Waals surface area contributed by atoms with Crippen molar-refractivity contribution in [2.75, 3.05) is 13.1 Å². The fourth-order valence-corrected chi connectivity index (χ4v) is 2.67. The Balaban J connectivity index is 1.75. The summed E-state index contributed by atoms with van der Waals surface area (Å²) < 4.78 is 1.68. The minimum atomic E-state index is -0.402. The number of carbonyl (C=O) groups is 1. The first-order valence-electron chi connectivity index (χ1n) is 7.06. The number of aromatic nitrogens is 2. The third kappa shape index (κ3) is 2.80. The van der Waals surface area contributed by atoms with Gasteiger partial charge in [0, 0.05) is 24.9 Å². The lowest BCUT2D eigenvalue weighted by Gasteiger charge is -2.16. The van der Waals surface area contributed by atoms with Crippen LogP contribution < -0.4 is 5.43 Å². The third-order valence-corrected chi connectivity index (χ3v) is 3.82. The summed E-state index contributed by atoms with van der Waals surface area (Å²) in [5, 5.41) is 14.2. The average molecular weight is 287 g/mol. The molecule has 0 radical (unpaired) electrons. The zero-order valence-electron chi connectivity index (χ0n) is 11.6. The first kappa shape index (κ1) is 13.8. The molecule has 1 amide bonds. The highest BCUT2D eigenvalue weighted by Gasteiger charge is 2.24. The number of aryl methyl sites for hydroxylation is 1. The number of hydrogen-bond donors (Lipinski definition) is 1. The average Bonchev–Trinajstić information content (AvgIpc) is 2.93. The topological polar surface area (TPSA) is 75.4 Å². The maximum Gasteiger partial charge on any atom is 0.224 e. The van der Waals surface area contributed by atoms with Crippen molar-refractivity contribution in [3.05, 3.63) is 40.7 Å². The first-order valence-corrected chi connectivity index (χ1v) is 7.06. The summed E-state index contributed by atoms with van der Waals surface area (Å²) in [4.78, 5) is 25.5. The highest BCUT2D eigenvalue weighted by molar-refractivity contribution is 5.79. The van der Waals surface area contributed by atoms with Crippen LogP contribution in [0.3, 0.4) is 0 Å². The number of para-hydroxylation sites is 1. The van der Waals surface area contributed by atoms with Crippen molar-refractivity contribution in [2.45, 2.75) is 25.5 Å². The van der Waals surface area contributed by atoms with Gasteiger partial charge in [-0.15, -0.1) is 0 Å². The Hall–Kier alpha value is -2.21. The van der Waals surface area contributed by atoms with Crippen LogP contribution in [-0.4, -0.2) is 44.9 Å². The monoisotopic (exact) mass is 287 g/mol. The molecule has 1 aliphatic rings. The summed E-state index contributed by atoms with van der Waals surface area (Å²) in [6.45, 7) is 1.45. The largest absolute Gasteiger partial charge is 0.391 e. The van der Waals surface area contributed by atoms with Gasteiger partial charge in [-0.25, -0.2) is 0 Å². The molecule has 6 nitrogen and oxygen atoms in total. The number of aliphatic hydroxyl groups is 1. The molecule has 0 bridgehead atoms. The second-order valence-corrected chi connectivity index (χ2v) is 5.28. The molecule has 2 heterocycles. The van der Waals surface area contributed by atoms with Crippen molar-refractivity contribution < 1.29 is 9.90 Å². The number of likely N-dealkylation sites (tertiary alicyclic amines) is 1. The summed E-state index contributed by atoms with van der Waals surface area (Å²) >= 11 is 0. The first-order chi connectivity index (χ1) is 10.1. The molecule has 3 rings (SSSR count). The Morgan fingerprint density at radius 2 is 2.19 bits per heavy atom. The zero-order chi connectivity index (χ0) is 14.8. The van der Waals surface area contributed by atoms with Gasteiger partial charge in [-0.1, -0.05) is 12.1 Å². The molecule has 1 atom stereocenters. The number of nitrogens with zero attached hydrogens (tertiary/aromatic N) is 3. The van der Waals surface area contributed by atoms with Gasteiger partial charge in [-0.2, -0.15) is 5.10 Å². The lowest BCUT2D eigenvalue weighted by Crippen LogP contribution is -2.30. The van der Waals surface area contributed by atoms with E-state index in [2.05, 4.69) is 5.10 Å². The number of fused-ring (bicyclic) bond motifs is 1. The molecule has 110 valence electrons. The summed E-state index contributed by atoms with van der Waals surface area (Å²) in [5.74, 6) is 0.0103. The van der Waals surface area contributed by atoms with Crippen LogP contribution in [0.4, 0.5) is 0 Å². The Morgan fingerprint density at radius 1 is 1.38 bits per heavy atom. The summed E-state index contributed by atoms with van der Waals surface area (Å²) in [7, 11) is 0. The number of carbonyl (C=O) groups excluding carboxylic acids is 1. The standard InChI is InChI=1S/C15H17N3O3/c19-11-5-7-17(10-11)15(21)6-8-18-13-4-2-1-3-12(13)14(20)9-16-18/h1-4,9,11,19H,5-8,10H2/t11-/m1/s1. The van der Waals surface area contributed by atoms with E-state index in [-0.39, 0.29) is 11.3 Å². The number of hydrogen-bond acceptors (Lipinski definition) is 4. The second-order valence-electron chi connectivity index (χ2n) is 5.28. The van der Waals surface area contributed by atoms with Gasteiger partial charge in [0.05, 0.1) is 24.4 Å². The molecular formula is C15H17N3O3. The van der Waals surface area contributed by atoms with Crippen molar-refractivity contribution in [1.29, 1.82) is 0 Å². The lowest BCUT2D eigenvalue weighted by atomic mass is 10.2. The van der Waals surface area contributed by atoms with Crippen LogP contribution in [0.1, 0.15) is 12.8 Å². The molecule has 1 saturated heterocycles. The van der Waals surface area contributed by atoms with Gasteiger partial charge >= 0.3 is 0 Å². The van der Waals surface area contributed by atoms with Crippen LogP contribution >= 0.6 is 0 Å². The number of aliphatic hydroxyl groups excluding tert-OH is 1. The summed E-state index contributed by atoms with van der Waals surface area (Å²) in [5.41, 5.74) is 0.620. The molecule has 0 aliphatic carbocycles. The van der Waals surface area contributed by atoms with E-state index in [9.17, 15) is 14.7 Å². The van der Waals surface area contributed by atoms with Crippen molar-refractivity contribution in [1.82, 2.24) is 14.7 Å². The van der Waals surface area contributed by atoms with Crippen LogP contribution in [0, 0.1) is 0 Å². The molecule has 2 aromatic rings. The van der Waals surface area contributed by atoms with Gasteiger partial charge in [0.1, 0.15) is 0 Å². The molecule has 0 unspecified atom stereocenters. The van der Waals surface area contributed by atoms with Crippen LogP contribution in [0.15, 0.2) is 35.3 Å². The van der Waals surface area contributed by atoms with Crippen molar-refractivity contribution in [3.8, 4) is 0 Å². The molecule has 0 spiro atoms. The van der Waals surface area contributed by atoms with Gasteiger partial charge < -0.3 is 10.0 Å². The maximum absolute atomic E-state index is 12.1. The molecular weight excluding hydrogens is 270 g/mol. The van der Waals surface area contributed by atoms with Gasteiger partial charge in [0.25, 0.3) is 0 Å². The molecule has 0 saturated carbocycles. The van der Waals surface area contributed by atoms with E-state index < -0.39 is 6.10 Å². The number of benzene rings is 1. The number of amides is 1. The van der Waals surface area contributed by atoms with E-state index >= 15 is 0 Å². The maximum atomic E-state index is 12.1. The van der Waals surface area contributed by atoms with Crippen LogP contribution in [0.5, 0.6) is 0 Å². The smallest absolute Gasteiger partial charge is 0.224 e. The number of rotatable bonds is 3. The SMILES string of the molecule is O=C(CCn1ncc(=O)c2ccccc21)N1CC[C@@H](O)C1. The van der Waals surface area contributed by atoms with Crippen LogP contribution in [-0.2, 0) is 11.3 Å². The predicted octanol–water partition coefficient (Wildman–Crippen LogP) is 0.380. The minimum absolute atomic E-state index is 0.0103. The van der Waals surface area contributed by atoms with E-state index in [4.69, 9.17) is 0 Å². The normalized spacial score (nSPS) is 18.3. The minimum Gasteiger partial charge on any atom is -0.391 e. The number of β-amino-alcohol motifs (C(OH)–C–C–N with tert-alkyl or cyclic N) is 1. The van der Waals surface area contributed by atoms with E-state index in [1.54, 1.807) is 15.6 Å². The summed E-state index contributed by atoms with van der Waals surface area (Å²) in [6, 6.07) is 7.24. The van der Waals surface area contributed by atoms with E-state index in [0.717, 1.165) is 5.52 Å². The van der Waals surface area contributed by atoms with Crippen LogP contribution in [0.25, 0.3) is 10.9 Å². The third-order valence-electron chi connectivity index (χ3n) is 3.82. The van der Waals surface area contributed by atoms with Crippen LogP contribution in [0.2, 0.25) is 0 Å². The Labute approximate surface area is 121 Å². The van der Waals surface area contributed by atoms with E-state index in [0.29, 0.717) is 37.9 Å². The predicted molar refractivity (Wildman–Crippen MR) is 77.8 cm³/mol. The molecule has 1 aromatic carbocycles. The van der Waals surface area contributed by atoms with Crippen molar-refractivity contribution in [3.63, 3.8) is 0 Å². The fourth-order valence-electron chi connectivity index (χ4n) is 2.67. The Morgan fingerprint density at radius 3 is 2.95 bits per heavy atom. The molecule has 21 heavy (non-hydrogen) atoms. The van der Waals surface area contributed by atoms with E-state index in [1.807, 2.05) is 18.2 Å². The Kier molecular flexibility index (Phi) is 3.70. The highest BCUT2D eigenvalue weighted by atomic mass is 16.3. The fraction of sp³-hybridized carbons (Fsp3) is 0.400. The van der Waals surface area contributed by atoms with Gasteiger partial charge in [0.2, 0.25) is 11.3 Å². The van der Waals surface area contributed by atoms with E-state index in [1.165, 1.54) is 6.20 Å².